The van der Waals surface area contributed by atoms with Gasteiger partial charge in [-0.3, -0.25) is 0 Å². The van der Waals surface area contributed by atoms with Crippen molar-refractivity contribution in [3.05, 3.63) is 65.2 Å². The molecule has 0 bridgehead atoms. The first-order valence-corrected chi connectivity index (χ1v) is 9.99. The van der Waals surface area contributed by atoms with Crippen molar-refractivity contribution in [2.75, 3.05) is 7.11 Å². The molecule has 3 rings (SSSR count). The fraction of sp³-hybridized carbons (Fsp3) is 0.478. The number of nitrogens with one attached hydrogen (secondary N) is 2. The highest BCUT2D eigenvalue weighted by Crippen LogP contribution is 2.34. The van der Waals surface area contributed by atoms with Crippen LogP contribution in [0.2, 0.25) is 0 Å². The molecular weight excluding hydrogens is 352 g/mol. The van der Waals surface area contributed by atoms with E-state index < -0.39 is 6.29 Å². The molecule has 0 saturated carbocycles. The average molecular weight is 385 g/mol. The summed E-state index contributed by atoms with van der Waals surface area (Å²) in [6.07, 6.45) is -1.39. The lowest BCUT2D eigenvalue weighted by molar-refractivity contribution is -0.0922. The highest BCUT2D eigenvalue weighted by Gasteiger charge is 2.44. The number of hydrogen-bond acceptors (Lipinski definition) is 5. The maximum atomic E-state index is 10.0. The van der Waals surface area contributed by atoms with Gasteiger partial charge in [0, 0.05) is 36.2 Å². The maximum absolute atomic E-state index is 10.0. The summed E-state index contributed by atoms with van der Waals surface area (Å²) in [6, 6.07) is 16.3. The molecule has 0 aromatic heterocycles. The third-order valence-electron chi connectivity index (χ3n) is 5.80. The molecule has 5 heteroatoms. The second-order valence-electron chi connectivity index (χ2n) is 7.97. The van der Waals surface area contributed by atoms with E-state index >= 15 is 0 Å². The van der Waals surface area contributed by atoms with Gasteiger partial charge < -0.3 is 25.6 Å². The minimum absolute atomic E-state index is 0.00211. The number of rotatable bonds is 7. The lowest BCUT2D eigenvalue weighted by Crippen LogP contribution is -2.43. The Morgan fingerprint density at radius 1 is 1.11 bits per heavy atom. The Hall–Kier alpha value is -1.92. The number of hydrogen-bond donors (Lipinski definition) is 4. The van der Waals surface area contributed by atoms with Crippen molar-refractivity contribution in [3.8, 4) is 5.75 Å². The molecule has 1 aliphatic heterocycles. The van der Waals surface area contributed by atoms with Crippen molar-refractivity contribution in [1.82, 2.24) is 10.6 Å². The molecule has 0 radical (unpaired) electrons. The number of benzene rings is 2. The molecule has 3 unspecified atom stereocenters. The molecule has 152 valence electrons. The summed E-state index contributed by atoms with van der Waals surface area (Å²) in [5.41, 5.74) is 3.47. The average Bonchev–Trinajstić information content (AvgIpc) is 3.03. The van der Waals surface area contributed by atoms with Crippen LogP contribution in [0.1, 0.15) is 49.4 Å². The van der Waals surface area contributed by atoms with Crippen LogP contribution in [-0.2, 0) is 6.54 Å². The zero-order valence-electron chi connectivity index (χ0n) is 17.1. The zero-order valence-corrected chi connectivity index (χ0v) is 17.1. The summed E-state index contributed by atoms with van der Waals surface area (Å²) in [7, 11) is 1.68. The quantitative estimate of drug-likeness (QED) is 0.553. The number of ether oxygens (including phenoxy) is 1. The number of aliphatic hydroxyl groups excluding tert-OH is 1. The molecule has 0 aliphatic carbocycles. The second kappa shape index (κ2) is 9.05. The lowest BCUT2D eigenvalue weighted by atomic mass is 9.90. The lowest BCUT2D eigenvalue weighted by Gasteiger charge is -2.28. The van der Waals surface area contributed by atoms with E-state index in [9.17, 15) is 10.2 Å². The molecule has 0 spiro atoms. The van der Waals surface area contributed by atoms with E-state index in [1.807, 2.05) is 31.2 Å². The molecule has 1 saturated heterocycles. The molecule has 5 nitrogen and oxygen atoms in total. The van der Waals surface area contributed by atoms with Gasteiger partial charge >= 0.3 is 0 Å². The topological polar surface area (TPSA) is 73.8 Å². The van der Waals surface area contributed by atoms with E-state index in [-0.39, 0.29) is 24.0 Å². The van der Waals surface area contributed by atoms with Gasteiger partial charge in [-0.1, -0.05) is 56.3 Å². The Morgan fingerprint density at radius 2 is 1.82 bits per heavy atom. The van der Waals surface area contributed by atoms with Crippen LogP contribution >= 0.6 is 0 Å². The monoisotopic (exact) mass is 384 g/mol. The largest absolute Gasteiger partial charge is 0.496 e. The molecular formula is C23H32N2O3. The highest BCUT2D eigenvalue weighted by atomic mass is 16.5. The fourth-order valence-electron chi connectivity index (χ4n) is 4.22. The van der Waals surface area contributed by atoms with Gasteiger partial charge in [0.1, 0.15) is 5.75 Å². The summed E-state index contributed by atoms with van der Waals surface area (Å²) in [6.45, 7) is 6.94. The summed E-state index contributed by atoms with van der Waals surface area (Å²) < 4.78 is 5.55. The van der Waals surface area contributed by atoms with E-state index in [0.717, 1.165) is 16.9 Å². The van der Waals surface area contributed by atoms with Crippen LogP contribution in [0.15, 0.2) is 48.5 Å². The van der Waals surface area contributed by atoms with E-state index in [0.29, 0.717) is 12.5 Å². The predicted molar refractivity (Wildman–Crippen MR) is 111 cm³/mol. The molecule has 4 N–H and O–H groups in total. The highest BCUT2D eigenvalue weighted by molar-refractivity contribution is 5.38. The van der Waals surface area contributed by atoms with Gasteiger partial charge in [0.15, 0.2) is 6.29 Å². The van der Waals surface area contributed by atoms with E-state index in [2.05, 4.69) is 48.7 Å². The summed E-state index contributed by atoms with van der Waals surface area (Å²) in [5.74, 6) is 0.958. The molecule has 4 atom stereocenters. The minimum atomic E-state index is -1.39. The van der Waals surface area contributed by atoms with Gasteiger partial charge in [-0.2, -0.15) is 0 Å². The summed E-state index contributed by atoms with van der Waals surface area (Å²) >= 11 is 0. The molecule has 2 aromatic carbocycles. The van der Waals surface area contributed by atoms with Crippen LogP contribution in [-0.4, -0.2) is 35.7 Å². The molecule has 2 aromatic rings. The predicted octanol–water partition coefficient (Wildman–Crippen LogP) is 2.94. The third kappa shape index (κ3) is 4.39. The number of aliphatic hydroxyl groups is 2. The Morgan fingerprint density at radius 3 is 2.43 bits per heavy atom. The van der Waals surface area contributed by atoms with Gasteiger partial charge in [-0.15, -0.1) is 0 Å². The van der Waals surface area contributed by atoms with Crippen LogP contribution in [0, 0.1) is 5.92 Å². The Balaban J connectivity index is 1.86. The van der Waals surface area contributed by atoms with Crippen molar-refractivity contribution >= 4 is 0 Å². The van der Waals surface area contributed by atoms with Gasteiger partial charge in [0.25, 0.3) is 0 Å². The standard InChI is InChI=1S/C23H32N2O3/c1-14(2)17-10-11-19(28-4)18(12-17)13-24-22-20(23(26)27)15(3)25-21(22)16-8-6-5-7-9-16/h5-12,14-15,20-27H,13H2,1-4H3/t15-,20?,21?,22?/m1/s1. The Labute approximate surface area is 167 Å². The summed E-state index contributed by atoms with van der Waals surface area (Å²) in [5, 5.41) is 27.2. The van der Waals surface area contributed by atoms with Gasteiger partial charge in [0.05, 0.1) is 7.11 Å². The van der Waals surface area contributed by atoms with Crippen molar-refractivity contribution in [3.63, 3.8) is 0 Å². The first-order chi connectivity index (χ1) is 13.4. The van der Waals surface area contributed by atoms with Crippen molar-refractivity contribution in [1.29, 1.82) is 0 Å². The van der Waals surface area contributed by atoms with E-state index in [1.54, 1.807) is 7.11 Å². The summed E-state index contributed by atoms with van der Waals surface area (Å²) in [4.78, 5) is 0. The normalized spacial score (nSPS) is 24.9. The van der Waals surface area contributed by atoms with Crippen LogP contribution in [0.4, 0.5) is 0 Å². The molecule has 1 heterocycles. The molecule has 0 amide bonds. The SMILES string of the molecule is COc1ccc(C(C)C)cc1CNC1C(c2ccccc2)N[C@H](C)C1C(O)O. The fourth-order valence-corrected chi connectivity index (χ4v) is 4.22. The second-order valence-corrected chi connectivity index (χ2v) is 7.97. The van der Waals surface area contributed by atoms with Crippen LogP contribution in [0.3, 0.4) is 0 Å². The van der Waals surface area contributed by atoms with Gasteiger partial charge in [-0.05, 0) is 30.0 Å². The van der Waals surface area contributed by atoms with Crippen LogP contribution in [0.25, 0.3) is 0 Å². The van der Waals surface area contributed by atoms with Crippen molar-refractivity contribution in [2.45, 2.75) is 57.6 Å². The van der Waals surface area contributed by atoms with E-state index in [1.165, 1.54) is 5.56 Å². The Kier molecular flexibility index (Phi) is 6.73. The Bertz CT molecular complexity index is 764. The third-order valence-corrected chi connectivity index (χ3v) is 5.80. The number of methoxy groups -OCH3 is 1. The first-order valence-electron chi connectivity index (χ1n) is 9.99. The van der Waals surface area contributed by atoms with Crippen molar-refractivity contribution < 1.29 is 14.9 Å². The molecule has 28 heavy (non-hydrogen) atoms. The molecule has 1 aliphatic rings. The maximum Gasteiger partial charge on any atom is 0.157 e. The molecule has 1 fully saturated rings. The zero-order chi connectivity index (χ0) is 20.3. The van der Waals surface area contributed by atoms with Crippen molar-refractivity contribution in [2.24, 2.45) is 5.92 Å². The van der Waals surface area contributed by atoms with E-state index in [4.69, 9.17) is 4.74 Å². The van der Waals surface area contributed by atoms with Crippen LogP contribution in [0.5, 0.6) is 5.75 Å². The minimum Gasteiger partial charge on any atom is -0.496 e. The van der Waals surface area contributed by atoms with Crippen LogP contribution < -0.4 is 15.4 Å². The smallest absolute Gasteiger partial charge is 0.157 e. The van der Waals surface area contributed by atoms with Gasteiger partial charge in [0.2, 0.25) is 0 Å². The first kappa shape index (κ1) is 20.8. The van der Waals surface area contributed by atoms with Gasteiger partial charge in [-0.25, -0.2) is 0 Å².